The largest absolute Gasteiger partial charge is 0.343 e. The van der Waals surface area contributed by atoms with E-state index in [2.05, 4.69) is 17.1 Å². The number of hydrogen-bond donors (Lipinski definition) is 1. The number of likely N-dealkylation sites (tertiary alicyclic amines) is 1. The number of hydrogen-bond acceptors (Lipinski definition) is 2. The second-order valence-corrected chi connectivity index (χ2v) is 4.94. The number of carbonyl (C=O) groups is 1. The normalized spacial score (nSPS) is 24.7. The average Bonchev–Trinajstić information content (AvgIpc) is 2.68. The molecular weight excluding hydrogens is 188 g/mol. The van der Waals surface area contributed by atoms with Crippen LogP contribution in [0, 0.1) is 0 Å². The number of nitrogens with one attached hydrogen (secondary N) is 1. The maximum absolute atomic E-state index is 11.7. The highest BCUT2D eigenvalue weighted by Crippen LogP contribution is 2.30. The summed E-state index contributed by atoms with van der Waals surface area (Å²) in [6.07, 6.45) is 6.62. The van der Waals surface area contributed by atoms with Gasteiger partial charge in [-0.05, 0) is 38.6 Å². The molecule has 0 aromatic heterocycles. The van der Waals surface area contributed by atoms with E-state index in [0.29, 0.717) is 11.4 Å². The fraction of sp³-hybridized carbons (Fsp3) is 0.917. The van der Waals surface area contributed by atoms with Crippen molar-refractivity contribution < 1.29 is 4.79 Å². The standard InChI is InChI=1S/C12H22N2O/c1-2-4-11(15)14-9-6-12(7-10-14)5-3-8-13-12/h13H,2-10H2,1H3. The molecule has 2 fully saturated rings. The minimum Gasteiger partial charge on any atom is -0.343 e. The van der Waals surface area contributed by atoms with Gasteiger partial charge in [-0.3, -0.25) is 4.79 Å². The van der Waals surface area contributed by atoms with Crippen LogP contribution in [0.25, 0.3) is 0 Å². The van der Waals surface area contributed by atoms with Crippen LogP contribution < -0.4 is 5.32 Å². The van der Waals surface area contributed by atoms with E-state index in [4.69, 9.17) is 0 Å². The summed E-state index contributed by atoms with van der Waals surface area (Å²) in [5.41, 5.74) is 0.392. The van der Waals surface area contributed by atoms with Crippen molar-refractivity contribution in [3.63, 3.8) is 0 Å². The first-order valence-corrected chi connectivity index (χ1v) is 6.29. The molecule has 2 rings (SSSR count). The lowest BCUT2D eigenvalue weighted by molar-refractivity contribution is -0.132. The van der Waals surface area contributed by atoms with Crippen LogP contribution in [-0.4, -0.2) is 36.0 Å². The first kappa shape index (κ1) is 10.9. The minimum absolute atomic E-state index is 0.352. The molecule has 2 heterocycles. The van der Waals surface area contributed by atoms with E-state index >= 15 is 0 Å². The van der Waals surface area contributed by atoms with Gasteiger partial charge in [0.15, 0.2) is 0 Å². The van der Waals surface area contributed by atoms with E-state index in [9.17, 15) is 4.79 Å². The zero-order chi connectivity index (χ0) is 10.7. The molecule has 0 aliphatic carbocycles. The maximum atomic E-state index is 11.7. The molecule has 2 saturated heterocycles. The molecular formula is C12H22N2O. The first-order chi connectivity index (χ1) is 7.26. The van der Waals surface area contributed by atoms with E-state index in [1.165, 1.54) is 19.4 Å². The van der Waals surface area contributed by atoms with Gasteiger partial charge in [-0.15, -0.1) is 0 Å². The smallest absolute Gasteiger partial charge is 0.222 e. The number of rotatable bonds is 2. The van der Waals surface area contributed by atoms with Crippen LogP contribution in [0.3, 0.4) is 0 Å². The molecule has 1 amide bonds. The maximum Gasteiger partial charge on any atom is 0.222 e. The van der Waals surface area contributed by atoms with Crippen molar-refractivity contribution in [1.29, 1.82) is 0 Å². The second kappa shape index (κ2) is 4.52. The van der Waals surface area contributed by atoms with Gasteiger partial charge in [-0.2, -0.15) is 0 Å². The van der Waals surface area contributed by atoms with Crippen LogP contribution in [0.5, 0.6) is 0 Å². The van der Waals surface area contributed by atoms with E-state index in [-0.39, 0.29) is 0 Å². The van der Waals surface area contributed by atoms with Gasteiger partial charge >= 0.3 is 0 Å². The molecule has 0 atom stereocenters. The topological polar surface area (TPSA) is 32.3 Å². The summed E-state index contributed by atoms with van der Waals surface area (Å²) in [7, 11) is 0. The van der Waals surface area contributed by atoms with Gasteiger partial charge in [0, 0.05) is 25.0 Å². The summed E-state index contributed by atoms with van der Waals surface area (Å²) in [6, 6.07) is 0. The molecule has 1 spiro atoms. The van der Waals surface area contributed by atoms with Gasteiger partial charge in [0.2, 0.25) is 5.91 Å². The Morgan fingerprint density at radius 3 is 2.60 bits per heavy atom. The van der Waals surface area contributed by atoms with Crippen molar-refractivity contribution in [2.75, 3.05) is 19.6 Å². The van der Waals surface area contributed by atoms with E-state index in [0.717, 1.165) is 38.8 Å². The number of nitrogens with zero attached hydrogens (tertiary/aromatic N) is 1. The second-order valence-electron chi connectivity index (χ2n) is 4.94. The monoisotopic (exact) mass is 210 g/mol. The summed E-state index contributed by atoms with van der Waals surface area (Å²) in [4.78, 5) is 13.8. The van der Waals surface area contributed by atoms with Crippen molar-refractivity contribution in [1.82, 2.24) is 10.2 Å². The molecule has 3 heteroatoms. The third kappa shape index (κ3) is 2.33. The van der Waals surface area contributed by atoms with E-state index < -0.39 is 0 Å². The van der Waals surface area contributed by atoms with Crippen LogP contribution in [-0.2, 0) is 4.79 Å². The highest BCUT2D eigenvalue weighted by atomic mass is 16.2. The molecule has 2 aliphatic heterocycles. The lowest BCUT2D eigenvalue weighted by Crippen LogP contribution is -2.51. The van der Waals surface area contributed by atoms with E-state index in [1.807, 2.05) is 0 Å². The van der Waals surface area contributed by atoms with Gasteiger partial charge in [-0.1, -0.05) is 6.92 Å². The summed E-state index contributed by atoms with van der Waals surface area (Å²) in [5, 5.41) is 3.63. The lowest BCUT2D eigenvalue weighted by Gasteiger charge is -2.39. The fourth-order valence-electron chi connectivity index (χ4n) is 2.85. The predicted octanol–water partition coefficient (Wildman–Crippen LogP) is 1.53. The number of piperidine rings is 1. The Kier molecular flexibility index (Phi) is 3.29. The van der Waals surface area contributed by atoms with Crippen molar-refractivity contribution in [2.45, 2.75) is 51.0 Å². The van der Waals surface area contributed by atoms with Crippen molar-refractivity contribution in [3.05, 3.63) is 0 Å². The van der Waals surface area contributed by atoms with Crippen LogP contribution in [0.4, 0.5) is 0 Å². The van der Waals surface area contributed by atoms with Crippen LogP contribution in [0.15, 0.2) is 0 Å². The van der Waals surface area contributed by atoms with Crippen molar-refractivity contribution >= 4 is 5.91 Å². The Bertz CT molecular complexity index is 224. The molecule has 0 aromatic carbocycles. The van der Waals surface area contributed by atoms with Crippen molar-refractivity contribution in [2.24, 2.45) is 0 Å². The highest BCUT2D eigenvalue weighted by molar-refractivity contribution is 5.76. The fourth-order valence-corrected chi connectivity index (χ4v) is 2.85. The predicted molar refractivity (Wildman–Crippen MR) is 60.7 cm³/mol. The molecule has 2 aliphatic rings. The van der Waals surface area contributed by atoms with Gasteiger partial charge in [0.25, 0.3) is 0 Å². The van der Waals surface area contributed by atoms with Crippen LogP contribution in [0.2, 0.25) is 0 Å². The summed E-state index contributed by atoms with van der Waals surface area (Å²) in [6.45, 7) is 5.17. The molecule has 0 radical (unpaired) electrons. The number of amides is 1. The summed E-state index contributed by atoms with van der Waals surface area (Å²) >= 11 is 0. The molecule has 0 saturated carbocycles. The van der Waals surface area contributed by atoms with E-state index in [1.54, 1.807) is 0 Å². The Hall–Kier alpha value is -0.570. The zero-order valence-corrected chi connectivity index (χ0v) is 9.72. The number of carbonyl (C=O) groups excluding carboxylic acids is 1. The molecule has 0 aromatic rings. The molecule has 3 nitrogen and oxygen atoms in total. The molecule has 0 unspecified atom stereocenters. The molecule has 86 valence electrons. The van der Waals surface area contributed by atoms with Gasteiger partial charge in [0.05, 0.1) is 0 Å². The quantitative estimate of drug-likeness (QED) is 0.749. The average molecular weight is 210 g/mol. The third-order valence-corrected chi connectivity index (χ3v) is 3.87. The zero-order valence-electron chi connectivity index (χ0n) is 9.72. The summed E-state index contributed by atoms with van der Waals surface area (Å²) in [5.74, 6) is 0.352. The molecule has 0 bridgehead atoms. The van der Waals surface area contributed by atoms with Crippen LogP contribution in [0.1, 0.15) is 45.4 Å². The Morgan fingerprint density at radius 2 is 2.07 bits per heavy atom. The Morgan fingerprint density at radius 1 is 1.33 bits per heavy atom. The minimum atomic E-state index is 0.352. The molecule has 1 N–H and O–H groups in total. The third-order valence-electron chi connectivity index (χ3n) is 3.87. The molecule has 15 heavy (non-hydrogen) atoms. The van der Waals surface area contributed by atoms with Crippen molar-refractivity contribution in [3.8, 4) is 0 Å². The SMILES string of the molecule is CCCC(=O)N1CCC2(CCCN2)CC1. The highest BCUT2D eigenvalue weighted by Gasteiger charge is 2.37. The summed E-state index contributed by atoms with van der Waals surface area (Å²) < 4.78 is 0. The van der Waals surface area contributed by atoms with Gasteiger partial charge in [0.1, 0.15) is 0 Å². The Balaban J connectivity index is 1.83. The van der Waals surface area contributed by atoms with Gasteiger partial charge < -0.3 is 10.2 Å². The first-order valence-electron chi connectivity index (χ1n) is 6.29. The van der Waals surface area contributed by atoms with Crippen LogP contribution >= 0.6 is 0 Å². The van der Waals surface area contributed by atoms with Gasteiger partial charge in [-0.25, -0.2) is 0 Å². The Labute approximate surface area is 92.2 Å². The lowest BCUT2D eigenvalue weighted by atomic mass is 9.86.